The van der Waals surface area contributed by atoms with Crippen molar-refractivity contribution in [2.24, 2.45) is 0 Å². The van der Waals surface area contributed by atoms with E-state index in [1.54, 1.807) is 13.4 Å². The Morgan fingerprint density at radius 2 is 2.03 bits per heavy atom. The van der Waals surface area contributed by atoms with Crippen molar-refractivity contribution in [3.05, 3.63) is 71.9 Å². The van der Waals surface area contributed by atoms with Crippen molar-refractivity contribution < 1.29 is 13.7 Å². The Morgan fingerprint density at radius 1 is 1.14 bits per heavy atom. The van der Waals surface area contributed by atoms with Crippen molar-refractivity contribution in [1.82, 2.24) is 20.0 Å². The van der Waals surface area contributed by atoms with Crippen molar-refractivity contribution >= 4 is 0 Å². The summed E-state index contributed by atoms with van der Waals surface area (Å²) in [4.78, 5) is 11.5. The smallest absolute Gasteiger partial charge is 0.195 e. The number of benzene rings is 1. The summed E-state index contributed by atoms with van der Waals surface area (Å²) in [6, 6.07) is 13.5. The molecule has 5 rings (SSSR count). The van der Waals surface area contributed by atoms with Crippen LogP contribution in [0.5, 0.6) is 5.75 Å². The Hall–Kier alpha value is -3.45. The zero-order valence-corrected chi connectivity index (χ0v) is 16.0. The number of ether oxygens (including phenoxy) is 1. The van der Waals surface area contributed by atoms with Gasteiger partial charge in [0.25, 0.3) is 0 Å². The van der Waals surface area contributed by atoms with E-state index in [0.29, 0.717) is 11.6 Å². The van der Waals surface area contributed by atoms with E-state index >= 15 is 0 Å². The second-order valence-corrected chi connectivity index (χ2v) is 7.01. The maximum atomic E-state index is 5.54. The molecule has 0 N–H and O–H groups in total. The molecule has 0 atom stereocenters. The average Bonchev–Trinajstić information content (AvgIpc) is 3.46. The second-order valence-electron chi connectivity index (χ2n) is 7.01. The normalized spacial score (nSPS) is 14.0. The Morgan fingerprint density at radius 3 is 2.83 bits per heavy atom. The van der Waals surface area contributed by atoms with Crippen LogP contribution < -0.4 is 4.74 Å². The molecule has 0 radical (unpaired) electrons. The first-order valence-electron chi connectivity index (χ1n) is 9.49. The number of nitrogens with zero attached hydrogens (tertiary/aromatic N) is 4. The van der Waals surface area contributed by atoms with Gasteiger partial charge in [-0.05, 0) is 36.4 Å². The molecule has 0 saturated carbocycles. The Labute approximate surface area is 167 Å². The minimum absolute atomic E-state index is 0.642. The first kappa shape index (κ1) is 17.6. The lowest BCUT2D eigenvalue weighted by atomic mass is 10.1. The summed E-state index contributed by atoms with van der Waals surface area (Å²) in [6.45, 7) is 2.42. The molecule has 7 nitrogen and oxygen atoms in total. The van der Waals surface area contributed by atoms with Gasteiger partial charge in [-0.1, -0.05) is 5.16 Å². The van der Waals surface area contributed by atoms with E-state index in [9.17, 15) is 0 Å². The molecule has 0 spiro atoms. The van der Waals surface area contributed by atoms with Crippen LogP contribution in [0.3, 0.4) is 0 Å². The molecule has 1 aliphatic rings. The molecule has 0 amide bonds. The van der Waals surface area contributed by atoms with Crippen LogP contribution in [0.4, 0.5) is 0 Å². The monoisotopic (exact) mass is 388 g/mol. The van der Waals surface area contributed by atoms with Crippen molar-refractivity contribution in [3.63, 3.8) is 0 Å². The van der Waals surface area contributed by atoms with Gasteiger partial charge in [-0.3, -0.25) is 4.90 Å². The van der Waals surface area contributed by atoms with Crippen LogP contribution in [0.1, 0.15) is 17.0 Å². The molecule has 0 bridgehead atoms. The molecule has 0 unspecified atom stereocenters. The van der Waals surface area contributed by atoms with Gasteiger partial charge in [0.2, 0.25) is 0 Å². The predicted molar refractivity (Wildman–Crippen MR) is 106 cm³/mol. The van der Waals surface area contributed by atoms with Gasteiger partial charge >= 0.3 is 0 Å². The molecule has 1 aromatic carbocycles. The summed E-state index contributed by atoms with van der Waals surface area (Å²) >= 11 is 0. The highest BCUT2D eigenvalue weighted by Crippen LogP contribution is 2.25. The van der Waals surface area contributed by atoms with E-state index in [1.807, 2.05) is 48.7 Å². The quantitative estimate of drug-likeness (QED) is 0.512. The Balaban J connectivity index is 1.27. The Bertz CT molecular complexity index is 1100. The highest BCUT2D eigenvalue weighted by atomic mass is 16.5. The first-order valence-corrected chi connectivity index (χ1v) is 9.49. The van der Waals surface area contributed by atoms with E-state index in [2.05, 4.69) is 20.0 Å². The fourth-order valence-corrected chi connectivity index (χ4v) is 3.54. The van der Waals surface area contributed by atoms with Crippen molar-refractivity contribution in [2.75, 3.05) is 13.7 Å². The summed E-state index contributed by atoms with van der Waals surface area (Å²) in [7, 11) is 1.65. The van der Waals surface area contributed by atoms with Gasteiger partial charge in [-0.15, -0.1) is 0 Å². The molecule has 3 aromatic heterocycles. The summed E-state index contributed by atoms with van der Waals surface area (Å²) in [5.41, 5.74) is 4.12. The van der Waals surface area contributed by atoms with Crippen LogP contribution in [-0.2, 0) is 19.5 Å². The number of methoxy groups -OCH3 is 1. The number of rotatable bonds is 5. The minimum atomic E-state index is 0.642. The van der Waals surface area contributed by atoms with Gasteiger partial charge in [-0.2, -0.15) is 0 Å². The summed E-state index contributed by atoms with van der Waals surface area (Å²) < 4.78 is 16.1. The van der Waals surface area contributed by atoms with Crippen molar-refractivity contribution in [2.45, 2.75) is 19.5 Å². The highest BCUT2D eigenvalue weighted by molar-refractivity contribution is 5.58. The zero-order valence-electron chi connectivity index (χ0n) is 16.0. The van der Waals surface area contributed by atoms with Gasteiger partial charge in [0.1, 0.15) is 5.75 Å². The third-order valence-corrected chi connectivity index (χ3v) is 5.07. The number of hydrogen-bond donors (Lipinski definition) is 0. The number of fused-ring (bicyclic) bond motifs is 1. The predicted octanol–water partition coefficient (Wildman–Crippen LogP) is 3.96. The lowest BCUT2D eigenvalue weighted by Crippen LogP contribution is -2.31. The molecule has 0 aliphatic carbocycles. The first-order chi connectivity index (χ1) is 14.3. The van der Waals surface area contributed by atoms with Gasteiger partial charge in [0.15, 0.2) is 17.3 Å². The van der Waals surface area contributed by atoms with Crippen LogP contribution in [0.2, 0.25) is 0 Å². The van der Waals surface area contributed by atoms with Crippen LogP contribution in [0.15, 0.2) is 63.9 Å². The van der Waals surface area contributed by atoms with Gasteiger partial charge < -0.3 is 13.7 Å². The molecule has 1 aliphatic heterocycles. The van der Waals surface area contributed by atoms with Crippen LogP contribution in [-0.4, -0.2) is 33.7 Å². The van der Waals surface area contributed by atoms with Crippen LogP contribution in [0, 0.1) is 0 Å². The van der Waals surface area contributed by atoms with Crippen molar-refractivity contribution in [1.29, 1.82) is 0 Å². The maximum Gasteiger partial charge on any atom is 0.195 e. The van der Waals surface area contributed by atoms with Gasteiger partial charge in [-0.25, -0.2) is 9.97 Å². The number of aromatic nitrogens is 3. The standard InChI is InChI=1S/C22H20N4O3/c1-27-18-6-4-15(5-7-18)21-11-17(25-29-21)14-26-9-8-19-16(13-26)12-23-22(24-19)20-3-2-10-28-20/h2-7,10-12H,8-9,13-14H2,1H3. The van der Waals surface area contributed by atoms with Crippen LogP contribution >= 0.6 is 0 Å². The van der Waals surface area contributed by atoms with E-state index < -0.39 is 0 Å². The molecular weight excluding hydrogens is 368 g/mol. The third kappa shape index (κ3) is 3.64. The summed E-state index contributed by atoms with van der Waals surface area (Å²) in [6.07, 6.45) is 4.41. The number of hydrogen-bond acceptors (Lipinski definition) is 7. The van der Waals surface area contributed by atoms with Crippen LogP contribution in [0.25, 0.3) is 22.9 Å². The molecule has 4 aromatic rings. The number of furan rings is 1. The molecule has 0 fully saturated rings. The Kier molecular flexibility index (Phi) is 4.57. The van der Waals surface area contributed by atoms with Crippen molar-refractivity contribution in [3.8, 4) is 28.7 Å². The molecule has 7 heteroatoms. The average molecular weight is 388 g/mol. The van der Waals surface area contributed by atoms with E-state index in [1.165, 1.54) is 0 Å². The highest BCUT2D eigenvalue weighted by Gasteiger charge is 2.20. The van der Waals surface area contributed by atoms with E-state index in [0.717, 1.165) is 60.1 Å². The summed E-state index contributed by atoms with van der Waals surface area (Å²) in [5.74, 6) is 2.91. The third-order valence-electron chi connectivity index (χ3n) is 5.07. The topological polar surface area (TPSA) is 77.4 Å². The zero-order chi connectivity index (χ0) is 19.6. The van der Waals surface area contributed by atoms with E-state index in [4.69, 9.17) is 13.7 Å². The molecule has 4 heterocycles. The summed E-state index contributed by atoms with van der Waals surface area (Å²) in [5, 5.41) is 4.24. The lowest BCUT2D eigenvalue weighted by Gasteiger charge is -2.27. The largest absolute Gasteiger partial charge is 0.497 e. The fraction of sp³-hybridized carbons (Fsp3) is 0.227. The molecular formula is C22H20N4O3. The second kappa shape index (κ2) is 7.52. The maximum absolute atomic E-state index is 5.54. The SMILES string of the molecule is COc1ccc(-c2cc(CN3CCc4nc(-c5ccco5)ncc4C3)no2)cc1. The fourth-order valence-electron chi connectivity index (χ4n) is 3.54. The molecule has 29 heavy (non-hydrogen) atoms. The lowest BCUT2D eigenvalue weighted by molar-refractivity contribution is 0.235. The van der Waals surface area contributed by atoms with Gasteiger partial charge in [0, 0.05) is 49.4 Å². The molecule has 146 valence electrons. The van der Waals surface area contributed by atoms with E-state index in [-0.39, 0.29) is 0 Å². The molecule has 0 saturated heterocycles. The minimum Gasteiger partial charge on any atom is -0.497 e. The van der Waals surface area contributed by atoms with Gasteiger partial charge in [0.05, 0.1) is 24.8 Å².